The molecule has 0 saturated heterocycles. The van der Waals surface area contributed by atoms with Crippen LogP contribution in [0.2, 0.25) is 0 Å². The number of fused-ring (bicyclic) bond motifs is 1. The average molecular weight is 285 g/mol. The smallest absolute Gasteiger partial charge is 0.278 e. The van der Waals surface area contributed by atoms with Gasteiger partial charge in [-0.3, -0.25) is 15.1 Å². The van der Waals surface area contributed by atoms with E-state index in [1.807, 2.05) is 6.07 Å². The van der Waals surface area contributed by atoms with E-state index in [0.29, 0.717) is 11.4 Å². The lowest BCUT2D eigenvalue weighted by atomic mass is 10.0. The van der Waals surface area contributed by atoms with Gasteiger partial charge < -0.3 is 5.32 Å². The van der Waals surface area contributed by atoms with E-state index >= 15 is 0 Å². The molecule has 1 aliphatic rings. The third-order valence-corrected chi connectivity index (χ3v) is 5.31. The third kappa shape index (κ3) is 1.87. The number of rotatable bonds is 3. The predicted molar refractivity (Wildman–Crippen MR) is 83.4 cm³/mol. The summed E-state index contributed by atoms with van der Waals surface area (Å²) in [4.78, 5) is 14.8. The summed E-state index contributed by atoms with van der Waals surface area (Å²) in [5.41, 5.74) is 1.43. The number of benzene rings is 1. The van der Waals surface area contributed by atoms with Crippen LogP contribution in [0.4, 0.5) is 11.4 Å². The molecule has 1 saturated carbocycles. The maximum absolute atomic E-state index is 11.1. The molecule has 1 N–H and O–H groups in total. The molecule has 21 heavy (non-hydrogen) atoms. The molecule has 0 spiro atoms. The first-order chi connectivity index (χ1) is 9.76. The molecule has 3 rings (SSSR count). The third-order valence-electron chi connectivity index (χ3n) is 5.31. The summed E-state index contributed by atoms with van der Waals surface area (Å²) in [6.45, 7) is 8.94. The molecular formula is C16H19N3O2. The average Bonchev–Trinajstić information content (AvgIpc) is 2.81. The van der Waals surface area contributed by atoms with Crippen LogP contribution in [-0.4, -0.2) is 15.9 Å². The number of non-ortho nitro benzene ring substituents is 1. The monoisotopic (exact) mass is 285 g/mol. The fraction of sp³-hybridized carbons (Fsp3) is 0.438. The van der Waals surface area contributed by atoms with Gasteiger partial charge in [0.2, 0.25) is 0 Å². The molecule has 5 nitrogen and oxygen atoms in total. The fourth-order valence-corrected chi connectivity index (χ4v) is 3.17. The molecule has 0 radical (unpaired) electrons. The normalized spacial score (nSPS) is 19.4. The predicted octanol–water partition coefficient (Wildman–Crippen LogP) is 3.99. The Balaban J connectivity index is 2.06. The topological polar surface area (TPSA) is 68.1 Å². The number of nitro groups is 1. The Hall–Kier alpha value is -2.17. The molecule has 0 unspecified atom stereocenters. The number of nitro benzene ring substituents is 1. The highest BCUT2D eigenvalue weighted by Crippen LogP contribution is 2.63. The molecule has 2 aromatic rings. The van der Waals surface area contributed by atoms with E-state index in [0.717, 1.165) is 11.1 Å². The van der Waals surface area contributed by atoms with Crippen LogP contribution in [0.15, 0.2) is 30.6 Å². The van der Waals surface area contributed by atoms with E-state index in [1.165, 1.54) is 0 Å². The first kappa shape index (κ1) is 13.8. The van der Waals surface area contributed by atoms with Gasteiger partial charge >= 0.3 is 0 Å². The van der Waals surface area contributed by atoms with E-state index in [9.17, 15) is 10.1 Å². The van der Waals surface area contributed by atoms with Gasteiger partial charge in [0.25, 0.3) is 5.69 Å². The van der Waals surface area contributed by atoms with Crippen LogP contribution in [0.1, 0.15) is 27.7 Å². The zero-order chi connectivity index (χ0) is 15.4. The molecule has 1 fully saturated rings. The van der Waals surface area contributed by atoms with Crippen molar-refractivity contribution < 1.29 is 4.92 Å². The summed E-state index contributed by atoms with van der Waals surface area (Å²) in [7, 11) is 0. The van der Waals surface area contributed by atoms with Gasteiger partial charge in [-0.05, 0) is 23.0 Å². The lowest BCUT2D eigenvalue weighted by Gasteiger charge is -2.11. The van der Waals surface area contributed by atoms with Crippen molar-refractivity contribution in [1.82, 2.24) is 4.98 Å². The van der Waals surface area contributed by atoms with Gasteiger partial charge in [0.1, 0.15) is 0 Å². The molecule has 5 heteroatoms. The standard InChI is InChI=1S/C16H19N3O2/c1-15(2)14(16(15,3)4)18-12-5-6-13(19(20)21)11-9-17-8-7-10(11)12/h5-9,14,18H,1-4H3. The number of hydrogen-bond donors (Lipinski definition) is 1. The van der Waals surface area contributed by atoms with Crippen LogP contribution in [-0.2, 0) is 0 Å². The van der Waals surface area contributed by atoms with Gasteiger partial charge in [0.15, 0.2) is 0 Å². The van der Waals surface area contributed by atoms with Gasteiger partial charge in [-0.25, -0.2) is 0 Å². The largest absolute Gasteiger partial charge is 0.381 e. The maximum atomic E-state index is 11.1. The molecule has 0 amide bonds. The second-order valence-corrected chi connectivity index (χ2v) is 6.83. The summed E-state index contributed by atoms with van der Waals surface area (Å²) >= 11 is 0. The molecule has 0 bridgehead atoms. The molecule has 110 valence electrons. The van der Waals surface area contributed by atoms with Gasteiger partial charge in [-0.15, -0.1) is 0 Å². The van der Waals surface area contributed by atoms with Crippen molar-refractivity contribution in [1.29, 1.82) is 0 Å². The number of aromatic nitrogens is 1. The molecule has 1 heterocycles. The Bertz CT molecular complexity index is 723. The number of pyridine rings is 1. The van der Waals surface area contributed by atoms with E-state index in [4.69, 9.17) is 0 Å². The molecule has 1 aliphatic carbocycles. The minimum atomic E-state index is -0.362. The van der Waals surface area contributed by atoms with Gasteiger partial charge in [-0.2, -0.15) is 0 Å². The van der Waals surface area contributed by atoms with Crippen molar-refractivity contribution in [3.8, 4) is 0 Å². The van der Waals surface area contributed by atoms with Crippen molar-refractivity contribution >= 4 is 22.1 Å². The highest BCUT2D eigenvalue weighted by Gasteiger charge is 2.64. The van der Waals surface area contributed by atoms with E-state index in [-0.39, 0.29) is 21.4 Å². The lowest BCUT2D eigenvalue weighted by molar-refractivity contribution is -0.383. The first-order valence-electron chi connectivity index (χ1n) is 7.04. The highest BCUT2D eigenvalue weighted by molar-refractivity contribution is 5.99. The van der Waals surface area contributed by atoms with Crippen LogP contribution < -0.4 is 5.32 Å². The zero-order valence-electron chi connectivity index (χ0n) is 12.7. The minimum Gasteiger partial charge on any atom is -0.381 e. The summed E-state index contributed by atoms with van der Waals surface area (Å²) in [6.07, 6.45) is 3.22. The van der Waals surface area contributed by atoms with E-state index < -0.39 is 0 Å². The summed E-state index contributed by atoms with van der Waals surface area (Å²) in [5, 5.41) is 16.1. The van der Waals surface area contributed by atoms with Crippen LogP contribution in [0.3, 0.4) is 0 Å². The van der Waals surface area contributed by atoms with Gasteiger partial charge in [-0.1, -0.05) is 27.7 Å². The van der Waals surface area contributed by atoms with E-state index in [1.54, 1.807) is 24.5 Å². The first-order valence-corrected chi connectivity index (χ1v) is 7.04. The van der Waals surface area contributed by atoms with Crippen molar-refractivity contribution in [2.75, 3.05) is 5.32 Å². The van der Waals surface area contributed by atoms with Crippen LogP contribution >= 0.6 is 0 Å². The summed E-state index contributed by atoms with van der Waals surface area (Å²) in [5.74, 6) is 0. The second kappa shape index (κ2) is 4.16. The fourth-order valence-electron chi connectivity index (χ4n) is 3.17. The molecule has 1 aromatic carbocycles. The van der Waals surface area contributed by atoms with Crippen molar-refractivity contribution in [2.45, 2.75) is 33.7 Å². The SMILES string of the molecule is CC1(C)C(Nc2ccc([N+](=O)[O-])c3cnccc23)C1(C)C. The minimum absolute atomic E-state index is 0.0953. The zero-order valence-corrected chi connectivity index (χ0v) is 12.7. The van der Waals surface area contributed by atoms with E-state index in [2.05, 4.69) is 38.0 Å². The maximum Gasteiger partial charge on any atom is 0.278 e. The molecule has 0 aliphatic heterocycles. The number of nitrogens with one attached hydrogen (secondary N) is 1. The molecule has 1 aromatic heterocycles. The van der Waals surface area contributed by atoms with Crippen molar-refractivity contribution in [3.05, 3.63) is 40.7 Å². The Morgan fingerprint density at radius 3 is 2.38 bits per heavy atom. The highest BCUT2D eigenvalue weighted by atomic mass is 16.6. The van der Waals surface area contributed by atoms with Gasteiger partial charge in [0.05, 0.1) is 10.3 Å². The van der Waals surface area contributed by atoms with Crippen molar-refractivity contribution in [3.63, 3.8) is 0 Å². The summed E-state index contributed by atoms with van der Waals surface area (Å²) < 4.78 is 0. The number of hydrogen-bond acceptors (Lipinski definition) is 4. The number of nitrogens with zero attached hydrogens (tertiary/aromatic N) is 2. The number of anilines is 1. The quantitative estimate of drug-likeness (QED) is 0.684. The lowest BCUT2D eigenvalue weighted by Crippen LogP contribution is -2.10. The second-order valence-electron chi connectivity index (χ2n) is 6.83. The molecule has 0 atom stereocenters. The Kier molecular flexibility index (Phi) is 2.74. The summed E-state index contributed by atoms with van der Waals surface area (Å²) in [6, 6.07) is 5.52. The Labute approximate surface area is 123 Å². The Morgan fingerprint density at radius 2 is 1.81 bits per heavy atom. The van der Waals surface area contributed by atoms with Crippen LogP contribution in [0, 0.1) is 20.9 Å². The van der Waals surface area contributed by atoms with Crippen LogP contribution in [0.5, 0.6) is 0 Å². The van der Waals surface area contributed by atoms with Crippen LogP contribution in [0.25, 0.3) is 10.8 Å². The van der Waals surface area contributed by atoms with Crippen molar-refractivity contribution in [2.24, 2.45) is 10.8 Å². The Morgan fingerprint density at radius 1 is 1.14 bits per heavy atom. The molecular weight excluding hydrogens is 266 g/mol. The van der Waals surface area contributed by atoms with Gasteiger partial charge in [0, 0.05) is 35.6 Å².